The minimum absolute atomic E-state index is 0.161. The molecule has 37 heavy (non-hydrogen) atoms. The lowest BCUT2D eigenvalue weighted by atomic mass is 9.88. The van der Waals surface area contributed by atoms with Gasteiger partial charge >= 0.3 is 6.03 Å². The number of urea groups is 1. The summed E-state index contributed by atoms with van der Waals surface area (Å²) in [5.74, 6) is 0.183. The van der Waals surface area contributed by atoms with Crippen LogP contribution in [0.15, 0.2) is 97.1 Å². The van der Waals surface area contributed by atoms with Gasteiger partial charge in [-0.15, -0.1) is 0 Å². The van der Waals surface area contributed by atoms with Gasteiger partial charge in [0.1, 0.15) is 0 Å². The van der Waals surface area contributed by atoms with Gasteiger partial charge in [0.25, 0.3) is 0 Å². The van der Waals surface area contributed by atoms with Crippen LogP contribution < -0.4 is 10.6 Å². The number of hydrogen-bond donors (Lipinski definition) is 2. The third-order valence-corrected chi connectivity index (χ3v) is 7.12. The molecule has 4 rings (SSSR count). The first kappa shape index (κ1) is 26.9. The summed E-state index contributed by atoms with van der Waals surface area (Å²) in [6, 6.07) is 28.2. The monoisotopic (exact) mass is 516 g/mol. The summed E-state index contributed by atoms with van der Waals surface area (Å²) in [6.45, 7) is 10.3. The van der Waals surface area contributed by atoms with Crippen LogP contribution in [0, 0.1) is 0 Å². The fourth-order valence-corrected chi connectivity index (χ4v) is 5.07. The van der Waals surface area contributed by atoms with Crippen LogP contribution in [0.3, 0.4) is 0 Å². The number of benzene rings is 3. The van der Waals surface area contributed by atoms with E-state index in [2.05, 4.69) is 70.6 Å². The van der Waals surface area contributed by atoms with Crippen LogP contribution >= 0.6 is 11.6 Å². The molecule has 6 heteroatoms. The Balaban J connectivity index is 1.50. The van der Waals surface area contributed by atoms with Crippen molar-refractivity contribution in [2.24, 2.45) is 0 Å². The normalized spacial score (nSPS) is 14.2. The number of nitrogens with zero attached hydrogens (tertiary/aromatic N) is 2. The third kappa shape index (κ3) is 8.19. The highest BCUT2D eigenvalue weighted by atomic mass is 35.5. The average molecular weight is 517 g/mol. The Hall–Kier alpha value is -3.12. The van der Waals surface area contributed by atoms with E-state index in [1.807, 2.05) is 35.2 Å². The van der Waals surface area contributed by atoms with Crippen molar-refractivity contribution in [3.05, 3.63) is 113 Å². The van der Waals surface area contributed by atoms with E-state index in [1.54, 1.807) is 6.07 Å². The van der Waals surface area contributed by atoms with Gasteiger partial charge in [-0.2, -0.15) is 0 Å². The van der Waals surface area contributed by atoms with Gasteiger partial charge in [0.15, 0.2) is 0 Å². The van der Waals surface area contributed by atoms with Crippen LogP contribution in [0.4, 0.5) is 10.5 Å². The third-order valence-electron chi connectivity index (χ3n) is 6.79. The minimum Gasteiger partial charge on any atom is -0.320 e. The second-order valence-corrected chi connectivity index (χ2v) is 10.0. The quantitative estimate of drug-likeness (QED) is 0.313. The first-order valence-electron chi connectivity index (χ1n) is 13.1. The van der Waals surface area contributed by atoms with E-state index in [9.17, 15) is 4.79 Å². The zero-order valence-corrected chi connectivity index (χ0v) is 22.2. The van der Waals surface area contributed by atoms with Crippen LogP contribution in [-0.4, -0.2) is 61.6 Å². The van der Waals surface area contributed by atoms with E-state index in [4.69, 9.17) is 11.6 Å². The molecule has 0 aromatic heterocycles. The van der Waals surface area contributed by atoms with Gasteiger partial charge in [-0.25, -0.2) is 4.79 Å². The largest absolute Gasteiger partial charge is 0.322 e. The predicted octanol–water partition coefficient (Wildman–Crippen LogP) is 6.25. The Bertz CT molecular complexity index is 1090. The van der Waals surface area contributed by atoms with Crippen molar-refractivity contribution in [1.82, 2.24) is 15.1 Å². The van der Waals surface area contributed by atoms with Crippen molar-refractivity contribution in [3.63, 3.8) is 0 Å². The Kier molecular flexibility index (Phi) is 10.2. The molecule has 0 bridgehead atoms. The van der Waals surface area contributed by atoms with E-state index >= 15 is 0 Å². The molecule has 2 amide bonds. The molecule has 0 aliphatic carbocycles. The molecule has 1 aliphatic rings. The maximum absolute atomic E-state index is 13.5. The van der Waals surface area contributed by atoms with E-state index in [1.165, 1.54) is 11.1 Å². The van der Waals surface area contributed by atoms with Crippen LogP contribution in [0.1, 0.15) is 29.9 Å². The summed E-state index contributed by atoms with van der Waals surface area (Å²) in [7, 11) is 0. The molecule has 2 N–H and O–H groups in total. The number of anilines is 1. The molecule has 0 atom stereocenters. The molecule has 194 valence electrons. The van der Waals surface area contributed by atoms with Crippen molar-refractivity contribution < 1.29 is 4.79 Å². The first-order valence-corrected chi connectivity index (χ1v) is 13.5. The lowest BCUT2D eigenvalue weighted by Gasteiger charge is -2.29. The molecule has 0 unspecified atom stereocenters. The van der Waals surface area contributed by atoms with Gasteiger partial charge in [-0.3, -0.25) is 4.90 Å². The number of carbonyl (C=O) groups excluding carboxylic acids is 1. The second kappa shape index (κ2) is 14.0. The summed E-state index contributed by atoms with van der Waals surface area (Å²) in [4.78, 5) is 17.8. The first-order chi connectivity index (χ1) is 18.1. The fourth-order valence-electron chi connectivity index (χ4n) is 4.89. The van der Waals surface area contributed by atoms with E-state index in [-0.39, 0.29) is 11.9 Å². The lowest BCUT2D eigenvalue weighted by Crippen LogP contribution is -2.40. The van der Waals surface area contributed by atoms with Crippen LogP contribution in [0.2, 0.25) is 5.02 Å². The second-order valence-electron chi connectivity index (χ2n) is 9.62. The zero-order valence-electron chi connectivity index (χ0n) is 21.4. The van der Waals surface area contributed by atoms with E-state index < -0.39 is 0 Å². The minimum atomic E-state index is -0.161. The molecule has 1 saturated heterocycles. The summed E-state index contributed by atoms with van der Waals surface area (Å²) in [5.41, 5.74) is 4.14. The van der Waals surface area contributed by atoms with Crippen molar-refractivity contribution in [2.75, 3.05) is 51.1 Å². The summed E-state index contributed by atoms with van der Waals surface area (Å²) in [6.07, 6.45) is 1.92. The van der Waals surface area contributed by atoms with Crippen molar-refractivity contribution in [2.45, 2.75) is 18.8 Å². The predicted molar refractivity (Wildman–Crippen MR) is 154 cm³/mol. The van der Waals surface area contributed by atoms with Gasteiger partial charge in [0.2, 0.25) is 0 Å². The van der Waals surface area contributed by atoms with Crippen LogP contribution in [0.25, 0.3) is 0 Å². The van der Waals surface area contributed by atoms with Crippen molar-refractivity contribution >= 4 is 23.3 Å². The van der Waals surface area contributed by atoms with Gasteiger partial charge in [-0.1, -0.05) is 91.0 Å². The Labute approximate surface area is 226 Å². The SMILES string of the molecule is C=C(CN1CCCNCC1)CN(CCC(c1ccccc1)c1ccccc1)C(=O)Nc1ccccc1Cl. The molecular formula is C31H37ClN4O. The smallest absolute Gasteiger partial charge is 0.320 e. The number of nitrogens with one attached hydrogen (secondary N) is 2. The van der Waals surface area contributed by atoms with Gasteiger partial charge in [-0.05, 0) is 54.8 Å². The van der Waals surface area contributed by atoms with Gasteiger partial charge in [0.05, 0.1) is 10.7 Å². The highest BCUT2D eigenvalue weighted by molar-refractivity contribution is 6.33. The molecule has 3 aromatic rings. The number of para-hydroxylation sites is 1. The van der Waals surface area contributed by atoms with E-state index in [0.29, 0.717) is 23.8 Å². The molecule has 3 aromatic carbocycles. The molecule has 0 radical (unpaired) electrons. The highest BCUT2D eigenvalue weighted by Crippen LogP contribution is 2.28. The summed E-state index contributed by atoms with van der Waals surface area (Å²) in [5, 5.41) is 7.00. The van der Waals surface area contributed by atoms with Crippen LogP contribution in [-0.2, 0) is 0 Å². The molecule has 1 aliphatic heterocycles. The number of rotatable bonds is 10. The number of amides is 2. The van der Waals surface area contributed by atoms with Gasteiger partial charge in [0, 0.05) is 38.6 Å². The maximum atomic E-state index is 13.5. The Morgan fingerprint density at radius 3 is 2.27 bits per heavy atom. The average Bonchev–Trinajstić information content (AvgIpc) is 3.19. The molecule has 1 heterocycles. The molecule has 1 fully saturated rings. The fraction of sp³-hybridized carbons (Fsp3) is 0.323. The topological polar surface area (TPSA) is 47.6 Å². The van der Waals surface area contributed by atoms with Crippen molar-refractivity contribution in [1.29, 1.82) is 0 Å². The number of carbonyl (C=O) groups is 1. The lowest BCUT2D eigenvalue weighted by molar-refractivity contribution is 0.212. The molecule has 0 spiro atoms. The number of hydrogen-bond acceptors (Lipinski definition) is 3. The summed E-state index contributed by atoms with van der Waals surface area (Å²) >= 11 is 6.35. The molecular weight excluding hydrogens is 480 g/mol. The maximum Gasteiger partial charge on any atom is 0.322 e. The van der Waals surface area contributed by atoms with Gasteiger partial charge < -0.3 is 15.5 Å². The van der Waals surface area contributed by atoms with E-state index in [0.717, 1.165) is 51.1 Å². The zero-order chi connectivity index (χ0) is 25.9. The molecule has 5 nitrogen and oxygen atoms in total. The summed E-state index contributed by atoms with van der Waals surface area (Å²) < 4.78 is 0. The molecule has 0 saturated carbocycles. The Morgan fingerprint density at radius 2 is 1.59 bits per heavy atom. The number of halogens is 1. The Morgan fingerprint density at radius 1 is 0.946 bits per heavy atom. The van der Waals surface area contributed by atoms with Crippen molar-refractivity contribution in [3.8, 4) is 0 Å². The van der Waals surface area contributed by atoms with Crippen LogP contribution in [0.5, 0.6) is 0 Å². The highest BCUT2D eigenvalue weighted by Gasteiger charge is 2.21. The standard InChI is InChI=1S/C31H37ClN4O/c1-25(23-35-20-10-18-33-19-22-35)24-36(31(37)34-30-16-9-8-15-29(30)32)21-17-28(26-11-4-2-5-12-26)27-13-6-3-7-14-27/h2-9,11-16,28,33H,1,10,17-24H2,(H,34,37).